The summed E-state index contributed by atoms with van der Waals surface area (Å²) in [5.41, 5.74) is 4.37. The Balaban J connectivity index is 2.11. The summed E-state index contributed by atoms with van der Waals surface area (Å²) >= 11 is 3.54. The molecule has 0 aliphatic carbocycles. The Morgan fingerprint density at radius 2 is 2.10 bits per heavy atom. The van der Waals surface area contributed by atoms with Crippen LogP contribution in [-0.2, 0) is 6.54 Å². The molecule has 0 amide bonds. The van der Waals surface area contributed by atoms with Crippen molar-refractivity contribution in [1.29, 1.82) is 0 Å². The Kier molecular flexibility index (Phi) is 4.39. The first kappa shape index (κ1) is 14.5. The van der Waals surface area contributed by atoms with Gasteiger partial charge in [0, 0.05) is 10.7 Å². The molecule has 5 heteroatoms. The molecule has 1 aromatic carbocycles. The van der Waals surface area contributed by atoms with E-state index in [1.54, 1.807) is 12.1 Å². The number of nitrogens with one attached hydrogen (secondary N) is 1. The van der Waals surface area contributed by atoms with E-state index in [0.29, 0.717) is 6.54 Å². The highest BCUT2D eigenvalue weighted by Crippen LogP contribution is 2.28. The van der Waals surface area contributed by atoms with Gasteiger partial charge in [-0.2, -0.15) is 0 Å². The highest BCUT2D eigenvalue weighted by molar-refractivity contribution is 9.10. The molecule has 0 unspecified atom stereocenters. The molecule has 2 N–H and O–H groups in total. The number of aromatic nitrogens is 1. The van der Waals surface area contributed by atoms with E-state index in [-0.39, 0.29) is 5.56 Å². The highest BCUT2D eigenvalue weighted by Gasteiger charge is 2.06. The number of aryl methyl sites for hydroxylation is 2. The molecular formula is C15H15BrN2O2. The van der Waals surface area contributed by atoms with Gasteiger partial charge in [0.2, 0.25) is 0 Å². The third-order valence-electron chi connectivity index (χ3n) is 2.95. The van der Waals surface area contributed by atoms with E-state index < -0.39 is 5.97 Å². The van der Waals surface area contributed by atoms with Crippen LogP contribution in [0, 0.1) is 13.8 Å². The highest BCUT2D eigenvalue weighted by atomic mass is 79.9. The lowest BCUT2D eigenvalue weighted by Gasteiger charge is -2.12. The second-order valence-electron chi connectivity index (χ2n) is 4.64. The third-order valence-corrected chi connectivity index (χ3v) is 3.58. The van der Waals surface area contributed by atoms with Crippen molar-refractivity contribution in [2.75, 3.05) is 5.32 Å². The first-order valence-corrected chi connectivity index (χ1v) is 6.95. The van der Waals surface area contributed by atoms with Crippen molar-refractivity contribution in [3.63, 3.8) is 0 Å². The molecule has 2 aromatic rings. The number of hydrogen-bond acceptors (Lipinski definition) is 3. The van der Waals surface area contributed by atoms with Gasteiger partial charge in [0.25, 0.3) is 0 Å². The average molecular weight is 335 g/mol. The second-order valence-corrected chi connectivity index (χ2v) is 5.49. The number of anilines is 1. The molecule has 0 saturated carbocycles. The Morgan fingerprint density at radius 1 is 1.35 bits per heavy atom. The van der Waals surface area contributed by atoms with E-state index in [0.717, 1.165) is 21.4 Å². The number of carbonyl (C=O) groups is 1. The van der Waals surface area contributed by atoms with E-state index in [1.165, 1.54) is 11.8 Å². The number of carboxylic acids is 1. The molecule has 0 saturated heterocycles. The van der Waals surface area contributed by atoms with E-state index in [4.69, 9.17) is 5.11 Å². The fourth-order valence-corrected chi connectivity index (χ4v) is 2.79. The maximum absolute atomic E-state index is 10.8. The number of halogens is 1. The first-order chi connectivity index (χ1) is 9.47. The number of pyridine rings is 1. The molecule has 2 rings (SSSR count). The summed E-state index contributed by atoms with van der Waals surface area (Å²) in [7, 11) is 0. The number of hydrogen-bond donors (Lipinski definition) is 2. The van der Waals surface area contributed by atoms with Gasteiger partial charge in [-0.25, -0.2) is 4.79 Å². The van der Waals surface area contributed by atoms with Crippen LogP contribution in [-0.4, -0.2) is 16.1 Å². The van der Waals surface area contributed by atoms with Crippen molar-refractivity contribution in [3.05, 3.63) is 57.3 Å². The fraction of sp³-hybridized carbons (Fsp3) is 0.200. The molecule has 0 spiro atoms. The van der Waals surface area contributed by atoms with Crippen LogP contribution in [0.15, 0.2) is 34.9 Å². The summed E-state index contributed by atoms with van der Waals surface area (Å²) in [5, 5.41) is 12.1. The van der Waals surface area contributed by atoms with Crippen LogP contribution in [0.3, 0.4) is 0 Å². The van der Waals surface area contributed by atoms with Crippen LogP contribution < -0.4 is 5.32 Å². The lowest BCUT2D eigenvalue weighted by molar-refractivity contribution is 0.0696. The molecule has 20 heavy (non-hydrogen) atoms. The van der Waals surface area contributed by atoms with Gasteiger partial charge in [0.05, 0.1) is 23.5 Å². The summed E-state index contributed by atoms with van der Waals surface area (Å²) in [4.78, 5) is 14.9. The molecule has 4 nitrogen and oxygen atoms in total. The molecule has 0 aliphatic rings. The molecule has 1 heterocycles. The molecular weight excluding hydrogens is 320 g/mol. The van der Waals surface area contributed by atoms with E-state index in [2.05, 4.69) is 38.4 Å². The van der Waals surface area contributed by atoms with Gasteiger partial charge in [-0.05, 0) is 59.1 Å². The number of rotatable bonds is 4. The van der Waals surface area contributed by atoms with Gasteiger partial charge in [0.15, 0.2) is 0 Å². The maximum atomic E-state index is 10.8. The van der Waals surface area contributed by atoms with Gasteiger partial charge in [-0.15, -0.1) is 0 Å². The molecule has 0 aliphatic heterocycles. The van der Waals surface area contributed by atoms with Crippen LogP contribution >= 0.6 is 15.9 Å². The van der Waals surface area contributed by atoms with Gasteiger partial charge in [0.1, 0.15) is 0 Å². The lowest BCUT2D eigenvalue weighted by atomic mass is 10.1. The van der Waals surface area contributed by atoms with Crippen LogP contribution in [0.4, 0.5) is 5.69 Å². The van der Waals surface area contributed by atoms with E-state index >= 15 is 0 Å². The van der Waals surface area contributed by atoms with Gasteiger partial charge >= 0.3 is 5.97 Å². The summed E-state index contributed by atoms with van der Waals surface area (Å²) in [6.45, 7) is 4.64. The topological polar surface area (TPSA) is 62.2 Å². The first-order valence-electron chi connectivity index (χ1n) is 6.16. The fourth-order valence-electron chi connectivity index (χ4n) is 1.97. The van der Waals surface area contributed by atoms with Crippen molar-refractivity contribution < 1.29 is 9.90 Å². The predicted molar refractivity (Wildman–Crippen MR) is 82.1 cm³/mol. The Labute approximate surface area is 126 Å². The average Bonchev–Trinajstić information content (AvgIpc) is 2.38. The summed E-state index contributed by atoms with van der Waals surface area (Å²) < 4.78 is 1.01. The van der Waals surface area contributed by atoms with Crippen molar-refractivity contribution in [2.24, 2.45) is 0 Å². The molecule has 0 atom stereocenters. The minimum atomic E-state index is -0.964. The van der Waals surface area contributed by atoms with Gasteiger partial charge < -0.3 is 10.4 Å². The Hall–Kier alpha value is -1.88. The molecule has 0 radical (unpaired) electrons. The molecule has 0 fully saturated rings. The smallest absolute Gasteiger partial charge is 0.337 e. The van der Waals surface area contributed by atoms with E-state index in [9.17, 15) is 4.79 Å². The van der Waals surface area contributed by atoms with E-state index in [1.807, 2.05) is 13.8 Å². The second kappa shape index (κ2) is 6.05. The SMILES string of the molecule is Cc1cc(C)c(NCc2ccc(C(=O)O)cn2)c(Br)c1. The zero-order valence-corrected chi connectivity index (χ0v) is 12.9. The minimum absolute atomic E-state index is 0.196. The number of carboxylic acid groups (broad SMARTS) is 1. The molecule has 1 aromatic heterocycles. The van der Waals surface area contributed by atoms with Crippen LogP contribution in [0.2, 0.25) is 0 Å². The monoisotopic (exact) mass is 334 g/mol. The Morgan fingerprint density at radius 3 is 2.65 bits per heavy atom. The Bertz CT molecular complexity index is 616. The van der Waals surface area contributed by atoms with Crippen molar-refractivity contribution in [2.45, 2.75) is 20.4 Å². The van der Waals surface area contributed by atoms with Gasteiger partial charge in [-0.1, -0.05) is 6.07 Å². The number of nitrogens with zero attached hydrogens (tertiary/aromatic N) is 1. The minimum Gasteiger partial charge on any atom is -0.478 e. The summed E-state index contributed by atoms with van der Waals surface area (Å²) in [5.74, 6) is -0.964. The largest absolute Gasteiger partial charge is 0.478 e. The van der Waals surface area contributed by atoms with Crippen molar-refractivity contribution in [1.82, 2.24) is 4.98 Å². The summed E-state index contributed by atoms with van der Waals surface area (Å²) in [6, 6.07) is 7.43. The standard InChI is InChI=1S/C15H15BrN2O2/c1-9-5-10(2)14(13(16)6-9)18-8-12-4-3-11(7-17-12)15(19)20/h3-7,18H,8H2,1-2H3,(H,19,20). The van der Waals surface area contributed by atoms with Gasteiger partial charge in [-0.3, -0.25) is 4.98 Å². The lowest BCUT2D eigenvalue weighted by Crippen LogP contribution is -2.05. The van der Waals surface area contributed by atoms with Crippen LogP contribution in [0.1, 0.15) is 27.2 Å². The maximum Gasteiger partial charge on any atom is 0.337 e. The molecule has 0 bridgehead atoms. The predicted octanol–water partition coefficient (Wildman–Crippen LogP) is 3.77. The number of benzene rings is 1. The van der Waals surface area contributed by atoms with Crippen LogP contribution in [0.25, 0.3) is 0 Å². The normalized spacial score (nSPS) is 10.3. The summed E-state index contributed by atoms with van der Waals surface area (Å²) in [6.07, 6.45) is 1.37. The van der Waals surface area contributed by atoms with Crippen molar-refractivity contribution in [3.8, 4) is 0 Å². The van der Waals surface area contributed by atoms with Crippen molar-refractivity contribution >= 4 is 27.6 Å². The third kappa shape index (κ3) is 3.36. The van der Waals surface area contributed by atoms with Crippen LogP contribution in [0.5, 0.6) is 0 Å². The number of aromatic carboxylic acids is 1. The zero-order chi connectivity index (χ0) is 14.7. The zero-order valence-electron chi connectivity index (χ0n) is 11.3. The quantitative estimate of drug-likeness (QED) is 0.893. The molecule has 104 valence electrons.